The Morgan fingerprint density at radius 2 is 1.53 bits per heavy atom. The Balaban J connectivity index is 1.59. The Morgan fingerprint density at radius 1 is 0.868 bits per heavy atom. The van der Waals surface area contributed by atoms with Gasteiger partial charge in [0.2, 0.25) is 0 Å². The Hall–Kier alpha value is -4.51. The van der Waals surface area contributed by atoms with Gasteiger partial charge in [0.25, 0.3) is 11.5 Å². The molecule has 1 aromatic heterocycles. The molecule has 5 nitrogen and oxygen atoms in total. The Labute approximate surface area is 223 Å². The fourth-order valence-electron chi connectivity index (χ4n) is 5.05. The van der Waals surface area contributed by atoms with Gasteiger partial charge in [0.1, 0.15) is 5.82 Å². The van der Waals surface area contributed by atoms with Gasteiger partial charge in [0.05, 0.1) is 22.6 Å². The molecule has 5 heteroatoms. The first-order valence-electron chi connectivity index (χ1n) is 12.9. The summed E-state index contributed by atoms with van der Waals surface area (Å²) >= 11 is 0. The van der Waals surface area contributed by atoms with E-state index in [4.69, 9.17) is 4.98 Å². The highest BCUT2D eigenvalue weighted by Gasteiger charge is 2.27. The maximum atomic E-state index is 13.8. The number of carbonyl (C=O) groups excluding carboxylic acids is 1. The number of rotatable bonds is 6. The summed E-state index contributed by atoms with van der Waals surface area (Å²) < 4.78 is 1.68. The average molecular weight is 502 g/mol. The van der Waals surface area contributed by atoms with Crippen LogP contribution < -0.4 is 5.56 Å². The summed E-state index contributed by atoms with van der Waals surface area (Å²) in [6.45, 7) is 8.39. The Bertz CT molecular complexity index is 1670. The lowest BCUT2D eigenvalue weighted by molar-refractivity contribution is 0.0693. The Morgan fingerprint density at radius 3 is 2.21 bits per heavy atom. The second-order valence-electron chi connectivity index (χ2n) is 9.63. The van der Waals surface area contributed by atoms with Crippen LogP contribution >= 0.6 is 0 Å². The molecule has 4 aromatic carbocycles. The van der Waals surface area contributed by atoms with E-state index in [9.17, 15) is 9.59 Å². The summed E-state index contributed by atoms with van der Waals surface area (Å²) in [6, 6.07) is 30.7. The molecule has 1 atom stereocenters. The summed E-state index contributed by atoms with van der Waals surface area (Å²) in [7, 11) is 0. The van der Waals surface area contributed by atoms with Crippen molar-refractivity contribution in [3.8, 4) is 16.8 Å². The van der Waals surface area contributed by atoms with Crippen molar-refractivity contribution in [2.75, 3.05) is 6.54 Å². The van der Waals surface area contributed by atoms with Gasteiger partial charge in [-0.25, -0.2) is 4.98 Å². The highest BCUT2D eigenvalue weighted by Crippen LogP contribution is 2.27. The molecule has 0 radical (unpaired) electrons. The molecule has 0 aliphatic heterocycles. The van der Waals surface area contributed by atoms with Crippen molar-refractivity contribution in [1.82, 2.24) is 14.5 Å². The van der Waals surface area contributed by atoms with Gasteiger partial charge in [0, 0.05) is 12.1 Å². The average Bonchev–Trinajstić information content (AvgIpc) is 2.94. The van der Waals surface area contributed by atoms with Crippen LogP contribution in [0.15, 0.2) is 102 Å². The maximum Gasteiger partial charge on any atom is 0.266 e. The molecule has 0 spiro atoms. The van der Waals surface area contributed by atoms with Crippen LogP contribution in [0.5, 0.6) is 0 Å². The standard InChI is InChI=1S/C33H31N3O2/c1-5-35(32(37)27-18-16-26(17-19-27)25-11-7-6-8-12-25)24(4)31-34-29-14-10-9-13-28(29)33(38)36(31)30-20-15-22(2)21-23(30)3/h6-21,24H,5H2,1-4H3. The summed E-state index contributed by atoms with van der Waals surface area (Å²) in [5.74, 6) is 0.436. The molecule has 38 heavy (non-hydrogen) atoms. The maximum absolute atomic E-state index is 13.8. The van der Waals surface area contributed by atoms with Crippen molar-refractivity contribution < 1.29 is 4.79 Å². The van der Waals surface area contributed by atoms with Crippen molar-refractivity contribution >= 4 is 16.8 Å². The van der Waals surface area contributed by atoms with E-state index in [0.717, 1.165) is 27.9 Å². The van der Waals surface area contributed by atoms with Gasteiger partial charge >= 0.3 is 0 Å². The number of para-hydroxylation sites is 1. The lowest BCUT2D eigenvalue weighted by Crippen LogP contribution is -2.37. The highest BCUT2D eigenvalue weighted by molar-refractivity contribution is 5.95. The first kappa shape index (κ1) is 25.2. The third kappa shape index (κ3) is 4.63. The quantitative estimate of drug-likeness (QED) is 0.254. The summed E-state index contributed by atoms with van der Waals surface area (Å²) in [5, 5.41) is 0.550. The lowest BCUT2D eigenvalue weighted by atomic mass is 10.0. The van der Waals surface area contributed by atoms with Crippen LogP contribution in [0.2, 0.25) is 0 Å². The molecular formula is C33H31N3O2. The van der Waals surface area contributed by atoms with Crippen LogP contribution in [0.25, 0.3) is 27.7 Å². The minimum absolute atomic E-state index is 0.103. The van der Waals surface area contributed by atoms with Crippen LogP contribution in [0.3, 0.4) is 0 Å². The van der Waals surface area contributed by atoms with Crippen molar-refractivity contribution in [2.24, 2.45) is 0 Å². The topological polar surface area (TPSA) is 55.2 Å². The zero-order valence-corrected chi connectivity index (χ0v) is 22.2. The number of benzene rings is 4. The number of hydrogen-bond acceptors (Lipinski definition) is 3. The number of aromatic nitrogens is 2. The predicted octanol–water partition coefficient (Wildman–Crippen LogP) is 6.89. The van der Waals surface area contributed by atoms with Gasteiger partial charge in [-0.1, -0.05) is 72.3 Å². The van der Waals surface area contributed by atoms with E-state index in [1.54, 1.807) is 15.5 Å². The lowest BCUT2D eigenvalue weighted by Gasteiger charge is -2.30. The molecule has 0 N–H and O–H groups in total. The molecule has 5 rings (SSSR count). The van der Waals surface area contributed by atoms with E-state index in [1.807, 2.05) is 100 Å². The molecule has 5 aromatic rings. The summed E-state index contributed by atoms with van der Waals surface area (Å²) in [4.78, 5) is 34.3. The first-order valence-corrected chi connectivity index (χ1v) is 12.9. The van der Waals surface area contributed by atoms with Gasteiger partial charge in [-0.2, -0.15) is 0 Å². The van der Waals surface area contributed by atoms with E-state index in [2.05, 4.69) is 18.2 Å². The molecule has 190 valence electrons. The van der Waals surface area contributed by atoms with Crippen molar-refractivity contribution in [3.05, 3.63) is 130 Å². The van der Waals surface area contributed by atoms with Gasteiger partial charge < -0.3 is 4.90 Å². The monoisotopic (exact) mass is 501 g/mol. The van der Waals surface area contributed by atoms with Crippen LogP contribution in [-0.2, 0) is 0 Å². The van der Waals surface area contributed by atoms with Gasteiger partial charge in [-0.15, -0.1) is 0 Å². The first-order chi connectivity index (χ1) is 18.4. The number of hydrogen-bond donors (Lipinski definition) is 0. The normalized spacial score (nSPS) is 11.9. The second kappa shape index (κ2) is 10.5. The number of amides is 1. The van der Waals surface area contributed by atoms with Gasteiger partial charge in [-0.3, -0.25) is 14.2 Å². The molecule has 0 saturated heterocycles. The van der Waals surface area contributed by atoms with Crippen LogP contribution in [0.4, 0.5) is 0 Å². The third-order valence-electron chi connectivity index (χ3n) is 7.08. The number of fused-ring (bicyclic) bond motifs is 1. The molecule has 1 unspecified atom stereocenters. The molecule has 0 saturated carbocycles. The molecule has 0 bridgehead atoms. The van der Waals surface area contributed by atoms with E-state index in [-0.39, 0.29) is 11.5 Å². The van der Waals surface area contributed by atoms with E-state index < -0.39 is 6.04 Å². The zero-order valence-electron chi connectivity index (χ0n) is 22.2. The summed E-state index contributed by atoms with van der Waals surface area (Å²) in [6.07, 6.45) is 0. The SMILES string of the molecule is CCN(C(=O)c1ccc(-c2ccccc2)cc1)C(C)c1nc2ccccc2c(=O)n1-c1ccc(C)cc1C. The second-order valence-corrected chi connectivity index (χ2v) is 9.63. The molecule has 0 aliphatic rings. The van der Waals surface area contributed by atoms with Crippen molar-refractivity contribution in [1.29, 1.82) is 0 Å². The molecule has 0 aliphatic carbocycles. The van der Waals surface area contributed by atoms with Crippen LogP contribution in [-0.4, -0.2) is 26.9 Å². The zero-order chi connectivity index (χ0) is 26.8. The fourth-order valence-corrected chi connectivity index (χ4v) is 5.05. The minimum atomic E-state index is -0.445. The minimum Gasteiger partial charge on any atom is -0.329 e. The number of aryl methyl sites for hydroxylation is 2. The van der Waals surface area contributed by atoms with E-state index in [1.165, 1.54) is 0 Å². The molecule has 0 fully saturated rings. The summed E-state index contributed by atoms with van der Waals surface area (Å²) in [5.41, 5.74) is 6.10. The van der Waals surface area contributed by atoms with Crippen molar-refractivity contribution in [3.63, 3.8) is 0 Å². The Kier molecular flexibility index (Phi) is 6.93. The van der Waals surface area contributed by atoms with Crippen molar-refractivity contribution in [2.45, 2.75) is 33.7 Å². The number of nitrogens with zero attached hydrogens (tertiary/aromatic N) is 3. The van der Waals surface area contributed by atoms with Gasteiger partial charge in [-0.05, 0) is 74.7 Å². The molecule has 1 amide bonds. The number of carbonyl (C=O) groups is 1. The fraction of sp³-hybridized carbons (Fsp3) is 0.182. The predicted molar refractivity (Wildman–Crippen MR) is 154 cm³/mol. The van der Waals surface area contributed by atoms with E-state index >= 15 is 0 Å². The van der Waals surface area contributed by atoms with Gasteiger partial charge in [0.15, 0.2) is 0 Å². The van der Waals surface area contributed by atoms with E-state index in [0.29, 0.717) is 28.8 Å². The van der Waals surface area contributed by atoms with Crippen LogP contribution in [0, 0.1) is 13.8 Å². The third-order valence-corrected chi connectivity index (χ3v) is 7.08. The highest BCUT2D eigenvalue weighted by atomic mass is 16.2. The van der Waals surface area contributed by atoms with Crippen LogP contribution in [0.1, 0.15) is 47.2 Å². The smallest absolute Gasteiger partial charge is 0.266 e. The largest absolute Gasteiger partial charge is 0.329 e. The molecule has 1 heterocycles. The molecular weight excluding hydrogens is 470 g/mol.